The molecule has 7 heteroatoms. The molecular formula is C18H25BrN4OS. The normalized spacial score (nSPS) is 15.6. The standard InChI is InChI=1S/C18H25BrN4OS/c19-15-8-6-14(7-9-15)17-21-22-18(25-13-11-20-10-12-24)23(17)16-4-2-1-3-5-16/h6-9,16,20,24H,1-5,10-13H2. The molecule has 2 N–H and O–H groups in total. The third-order valence-corrected chi connectivity index (χ3v) is 5.98. The quantitative estimate of drug-likeness (QED) is 0.497. The van der Waals surface area contributed by atoms with Crippen LogP contribution in [0.15, 0.2) is 33.9 Å². The second kappa shape index (κ2) is 9.71. The first-order valence-corrected chi connectivity index (χ1v) is 10.7. The van der Waals surface area contributed by atoms with Crippen molar-refractivity contribution in [3.05, 3.63) is 28.7 Å². The molecule has 1 aliphatic rings. The lowest BCUT2D eigenvalue weighted by Gasteiger charge is -2.25. The fraction of sp³-hybridized carbons (Fsp3) is 0.556. The summed E-state index contributed by atoms with van der Waals surface area (Å²) in [5.74, 6) is 1.90. The Labute approximate surface area is 161 Å². The third-order valence-electron chi connectivity index (χ3n) is 4.51. The average molecular weight is 425 g/mol. The van der Waals surface area contributed by atoms with Crippen LogP contribution in [-0.4, -0.2) is 45.3 Å². The molecule has 2 aromatic rings. The van der Waals surface area contributed by atoms with E-state index in [-0.39, 0.29) is 6.61 Å². The van der Waals surface area contributed by atoms with Crippen molar-refractivity contribution >= 4 is 27.7 Å². The van der Waals surface area contributed by atoms with Crippen LogP contribution < -0.4 is 5.32 Å². The zero-order valence-electron chi connectivity index (χ0n) is 14.3. The highest BCUT2D eigenvalue weighted by atomic mass is 79.9. The first-order chi connectivity index (χ1) is 12.3. The van der Waals surface area contributed by atoms with Gasteiger partial charge in [-0.2, -0.15) is 0 Å². The fourth-order valence-corrected chi connectivity index (χ4v) is 4.42. The molecule has 136 valence electrons. The second-order valence-corrected chi connectivity index (χ2v) is 8.27. The summed E-state index contributed by atoms with van der Waals surface area (Å²) in [7, 11) is 0. The highest BCUT2D eigenvalue weighted by molar-refractivity contribution is 9.10. The lowest BCUT2D eigenvalue weighted by Crippen LogP contribution is -2.21. The van der Waals surface area contributed by atoms with E-state index in [0.29, 0.717) is 12.6 Å². The number of benzene rings is 1. The molecule has 0 spiro atoms. The topological polar surface area (TPSA) is 63.0 Å². The summed E-state index contributed by atoms with van der Waals surface area (Å²) in [6.45, 7) is 1.67. The number of hydrogen-bond acceptors (Lipinski definition) is 5. The summed E-state index contributed by atoms with van der Waals surface area (Å²) in [4.78, 5) is 0. The Balaban J connectivity index is 1.80. The average Bonchev–Trinajstić information content (AvgIpc) is 3.07. The minimum Gasteiger partial charge on any atom is -0.395 e. The Morgan fingerprint density at radius 1 is 1.12 bits per heavy atom. The Morgan fingerprint density at radius 2 is 1.88 bits per heavy atom. The van der Waals surface area contributed by atoms with E-state index in [2.05, 4.69) is 60.3 Å². The van der Waals surface area contributed by atoms with E-state index in [9.17, 15) is 0 Å². The maximum atomic E-state index is 8.85. The number of aliphatic hydroxyl groups is 1. The molecule has 1 aromatic heterocycles. The van der Waals surface area contributed by atoms with E-state index in [4.69, 9.17) is 5.11 Å². The van der Waals surface area contributed by atoms with Crippen molar-refractivity contribution in [1.29, 1.82) is 0 Å². The lowest BCUT2D eigenvalue weighted by molar-refractivity contribution is 0.294. The molecule has 0 aliphatic heterocycles. The molecule has 3 rings (SSSR count). The maximum Gasteiger partial charge on any atom is 0.191 e. The minimum atomic E-state index is 0.177. The minimum absolute atomic E-state index is 0.177. The molecule has 0 radical (unpaired) electrons. The van der Waals surface area contributed by atoms with E-state index in [0.717, 1.165) is 33.3 Å². The van der Waals surface area contributed by atoms with Gasteiger partial charge in [0.1, 0.15) is 0 Å². The molecule has 1 aromatic carbocycles. The molecule has 0 atom stereocenters. The molecule has 0 amide bonds. The van der Waals surface area contributed by atoms with Crippen LogP contribution in [0.3, 0.4) is 0 Å². The van der Waals surface area contributed by atoms with Gasteiger partial charge in [-0.3, -0.25) is 4.57 Å². The number of halogens is 1. The summed E-state index contributed by atoms with van der Waals surface area (Å²) in [6, 6.07) is 8.81. The van der Waals surface area contributed by atoms with Gasteiger partial charge in [-0.15, -0.1) is 10.2 Å². The number of nitrogens with one attached hydrogen (secondary N) is 1. The maximum absolute atomic E-state index is 8.85. The van der Waals surface area contributed by atoms with Crippen molar-refractivity contribution in [2.24, 2.45) is 0 Å². The van der Waals surface area contributed by atoms with Crippen LogP contribution >= 0.6 is 27.7 Å². The molecule has 5 nitrogen and oxygen atoms in total. The van der Waals surface area contributed by atoms with E-state index >= 15 is 0 Å². The number of rotatable bonds is 8. The predicted molar refractivity (Wildman–Crippen MR) is 106 cm³/mol. The highest BCUT2D eigenvalue weighted by Crippen LogP contribution is 2.35. The molecule has 1 saturated carbocycles. The van der Waals surface area contributed by atoms with Crippen molar-refractivity contribution in [3.63, 3.8) is 0 Å². The fourth-order valence-electron chi connectivity index (χ4n) is 3.26. The predicted octanol–water partition coefficient (Wildman–Crippen LogP) is 3.89. The lowest BCUT2D eigenvalue weighted by atomic mass is 9.95. The summed E-state index contributed by atoms with van der Waals surface area (Å²) < 4.78 is 3.43. The first-order valence-electron chi connectivity index (χ1n) is 8.95. The number of hydrogen-bond donors (Lipinski definition) is 2. The zero-order chi connectivity index (χ0) is 17.5. The van der Waals surface area contributed by atoms with Crippen LogP contribution in [0.5, 0.6) is 0 Å². The molecule has 25 heavy (non-hydrogen) atoms. The molecule has 1 aliphatic carbocycles. The van der Waals surface area contributed by atoms with Gasteiger partial charge in [0.2, 0.25) is 0 Å². The van der Waals surface area contributed by atoms with Crippen LogP contribution in [0, 0.1) is 0 Å². The number of aliphatic hydroxyl groups excluding tert-OH is 1. The zero-order valence-corrected chi connectivity index (χ0v) is 16.7. The first kappa shape index (κ1) is 18.9. The van der Waals surface area contributed by atoms with E-state index in [1.165, 1.54) is 32.1 Å². The molecule has 0 saturated heterocycles. The number of thioether (sulfide) groups is 1. The molecule has 0 bridgehead atoms. The van der Waals surface area contributed by atoms with Gasteiger partial charge in [-0.05, 0) is 25.0 Å². The van der Waals surface area contributed by atoms with Gasteiger partial charge in [0.25, 0.3) is 0 Å². The van der Waals surface area contributed by atoms with Gasteiger partial charge in [0.15, 0.2) is 11.0 Å². The van der Waals surface area contributed by atoms with Gasteiger partial charge in [0.05, 0.1) is 6.61 Å². The van der Waals surface area contributed by atoms with Crippen molar-refractivity contribution < 1.29 is 5.11 Å². The number of aromatic nitrogens is 3. The van der Waals surface area contributed by atoms with Gasteiger partial charge >= 0.3 is 0 Å². The van der Waals surface area contributed by atoms with Crippen LogP contribution in [0.2, 0.25) is 0 Å². The van der Waals surface area contributed by atoms with Gasteiger partial charge in [0, 0.05) is 34.9 Å². The van der Waals surface area contributed by atoms with Gasteiger partial charge < -0.3 is 10.4 Å². The van der Waals surface area contributed by atoms with Crippen molar-refractivity contribution in [2.45, 2.75) is 43.3 Å². The third kappa shape index (κ3) is 5.06. The van der Waals surface area contributed by atoms with E-state index in [1.54, 1.807) is 11.8 Å². The Hall–Kier alpha value is -0.890. The summed E-state index contributed by atoms with van der Waals surface area (Å²) in [6.07, 6.45) is 6.31. The van der Waals surface area contributed by atoms with Crippen LogP contribution in [0.1, 0.15) is 38.1 Å². The van der Waals surface area contributed by atoms with Gasteiger partial charge in [-0.25, -0.2) is 0 Å². The Kier molecular flexibility index (Phi) is 7.34. The molecule has 1 heterocycles. The van der Waals surface area contributed by atoms with Crippen LogP contribution in [-0.2, 0) is 0 Å². The summed E-state index contributed by atoms with van der Waals surface area (Å²) in [5, 5.41) is 22.1. The summed E-state index contributed by atoms with van der Waals surface area (Å²) >= 11 is 5.25. The highest BCUT2D eigenvalue weighted by Gasteiger charge is 2.23. The Morgan fingerprint density at radius 3 is 2.60 bits per heavy atom. The Bertz CT molecular complexity index is 656. The van der Waals surface area contributed by atoms with Crippen molar-refractivity contribution in [3.8, 4) is 11.4 Å². The molecular weight excluding hydrogens is 400 g/mol. The molecule has 0 unspecified atom stereocenters. The smallest absolute Gasteiger partial charge is 0.191 e. The second-order valence-electron chi connectivity index (χ2n) is 6.30. The SMILES string of the molecule is OCCNCCSc1nnc(-c2ccc(Br)cc2)n1C1CCCCC1. The van der Waals surface area contributed by atoms with Crippen molar-refractivity contribution in [1.82, 2.24) is 20.1 Å². The largest absolute Gasteiger partial charge is 0.395 e. The van der Waals surface area contributed by atoms with Crippen LogP contribution in [0.25, 0.3) is 11.4 Å². The van der Waals surface area contributed by atoms with Crippen LogP contribution in [0.4, 0.5) is 0 Å². The molecule has 1 fully saturated rings. The van der Waals surface area contributed by atoms with E-state index < -0.39 is 0 Å². The van der Waals surface area contributed by atoms with Crippen molar-refractivity contribution in [2.75, 3.05) is 25.4 Å². The summed E-state index contributed by atoms with van der Waals surface area (Å²) in [5.41, 5.74) is 1.12. The van der Waals surface area contributed by atoms with E-state index in [1.807, 2.05) is 0 Å². The van der Waals surface area contributed by atoms with Gasteiger partial charge in [-0.1, -0.05) is 59.1 Å². The number of nitrogens with zero attached hydrogens (tertiary/aromatic N) is 3. The monoisotopic (exact) mass is 424 g/mol.